The lowest BCUT2D eigenvalue weighted by atomic mass is 9.81. The second kappa shape index (κ2) is 10.7. The van der Waals surface area contributed by atoms with Gasteiger partial charge in [-0.3, -0.25) is 0 Å². The highest BCUT2D eigenvalue weighted by molar-refractivity contribution is 5.87. The lowest BCUT2D eigenvalue weighted by Gasteiger charge is -2.45. The van der Waals surface area contributed by atoms with Gasteiger partial charge in [0, 0.05) is 12.5 Å². The maximum absolute atomic E-state index is 12.6. The molecule has 12 heteroatoms. The van der Waals surface area contributed by atoms with Crippen LogP contribution in [0.25, 0.3) is 6.08 Å². The Labute approximate surface area is 212 Å². The maximum Gasteiger partial charge on any atom is 0.331 e. The van der Waals surface area contributed by atoms with Gasteiger partial charge in [0.2, 0.25) is 6.29 Å². The van der Waals surface area contributed by atoms with Crippen molar-refractivity contribution in [1.82, 2.24) is 0 Å². The molecule has 2 aliphatic heterocycles. The second-order valence-corrected chi connectivity index (χ2v) is 9.60. The molecule has 4 rings (SSSR count). The first-order chi connectivity index (χ1) is 17.5. The summed E-state index contributed by atoms with van der Waals surface area (Å²) in [5, 5.41) is 62.4. The topological polar surface area (TPSA) is 185 Å². The fourth-order valence-electron chi connectivity index (χ4n) is 5.01. The number of ether oxygens (including phenoxy) is 5. The Morgan fingerprint density at radius 1 is 1.11 bits per heavy atom. The van der Waals surface area contributed by atoms with Crippen LogP contribution in [0.2, 0.25) is 0 Å². The maximum atomic E-state index is 12.6. The molecule has 0 aromatic heterocycles. The second-order valence-electron chi connectivity index (χ2n) is 9.60. The van der Waals surface area contributed by atoms with Crippen molar-refractivity contribution in [2.24, 2.45) is 5.92 Å². The van der Waals surface area contributed by atoms with Gasteiger partial charge in [0.25, 0.3) is 0 Å². The molecule has 3 aliphatic rings. The zero-order chi connectivity index (χ0) is 27.0. The van der Waals surface area contributed by atoms with E-state index in [0.29, 0.717) is 11.3 Å². The highest BCUT2D eigenvalue weighted by Crippen LogP contribution is 2.50. The summed E-state index contributed by atoms with van der Waals surface area (Å²) in [6.07, 6.45) is -5.47. The Balaban J connectivity index is 1.48. The summed E-state index contributed by atoms with van der Waals surface area (Å²) < 4.78 is 27.1. The van der Waals surface area contributed by atoms with E-state index in [-0.39, 0.29) is 6.42 Å². The summed E-state index contributed by atoms with van der Waals surface area (Å²) in [5.41, 5.74) is -2.86. The van der Waals surface area contributed by atoms with Crippen molar-refractivity contribution in [2.75, 3.05) is 13.7 Å². The minimum atomic E-state index is -1.91. The summed E-state index contributed by atoms with van der Waals surface area (Å²) >= 11 is 0. The number of aliphatic hydroxyl groups is 6. The van der Waals surface area contributed by atoms with E-state index in [4.69, 9.17) is 23.7 Å². The van der Waals surface area contributed by atoms with Gasteiger partial charge < -0.3 is 54.3 Å². The summed E-state index contributed by atoms with van der Waals surface area (Å²) in [6, 6.07) is 6.95. The molecule has 1 saturated carbocycles. The number of carbonyl (C=O) groups excluding carboxylic acids is 1. The van der Waals surface area contributed by atoms with Crippen LogP contribution in [0.15, 0.2) is 42.7 Å². The minimum Gasteiger partial charge on any atom is -0.497 e. The van der Waals surface area contributed by atoms with Crippen molar-refractivity contribution >= 4 is 12.0 Å². The average molecular weight is 525 g/mol. The van der Waals surface area contributed by atoms with E-state index in [0.717, 1.165) is 6.26 Å². The SMILES string of the molecule is COc1ccc(C=CC(=O)O[C@H]2C[C@@](C)(O)[C@H]3[C@H](O[C@@H]4O[C@@H](CO)[C@@H](O)[C@@H](O)[C@H]4O)OC=C[C@@]23O)cc1. The lowest BCUT2D eigenvalue weighted by Crippen LogP contribution is -2.62. The summed E-state index contributed by atoms with van der Waals surface area (Å²) in [4.78, 5) is 12.6. The van der Waals surface area contributed by atoms with Crippen LogP contribution < -0.4 is 4.74 Å². The van der Waals surface area contributed by atoms with Gasteiger partial charge in [0.1, 0.15) is 41.9 Å². The molecular formula is C25H32O12. The third kappa shape index (κ3) is 5.38. The molecule has 0 radical (unpaired) electrons. The van der Waals surface area contributed by atoms with Crippen LogP contribution >= 0.6 is 0 Å². The number of benzene rings is 1. The molecule has 0 bridgehead atoms. The van der Waals surface area contributed by atoms with Crippen molar-refractivity contribution < 1.29 is 59.1 Å². The number of hydrogen-bond donors (Lipinski definition) is 6. The molecule has 6 N–H and O–H groups in total. The number of methoxy groups -OCH3 is 1. The molecule has 1 aliphatic carbocycles. The Morgan fingerprint density at radius 3 is 2.46 bits per heavy atom. The van der Waals surface area contributed by atoms with E-state index in [1.807, 2.05) is 0 Å². The van der Waals surface area contributed by atoms with Crippen molar-refractivity contribution in [3.8, 4) is 5.75 Å². The van der Waals surface area contributed by atoms with Crippen molar-refractivity contribution in [3.63, 3.8) is 0 Å². The van der Waals surface area contributed by atoms with E-state index in [1.165, 1.54) is 25.2 Å². The molecule has 2 fully saturated rings. The molecule has 1 aromatic rings. The smallest absolute Gasteiger partial charge is 0.331 e. The summed E-state index contributed by atoms with van der Waals surface area (Å²) in [6.45, 7) is 0.749. The molecule has 10 atom stereocenters. The van der Waals surface area contributed by atoms with Gasteiger partial charge in [-0.15, -0.1) is 0 Å². The molecule has 0 amide bonds. The predicted octanol–water partition coefficient (Wildman–Crippen LogP) is -1.19. The number of rotatable bonds is 7. The van der Waals surface area contributed by atoms with Crippen LogP contribution in [-0.4, -0.2) is 105 Å². The zero-order valence-corrected chi connectivity index (χ0v) is 20.3. The first kappa shape index (κ1) is 27.5. The summed E-state index contributed by atoms with van der Waals surface area (Å²) in [7, 11) is 1.54. The fourth-order valence-corrected chi connectivity index (χ4v) is 5.01. The van der Waals surface area contributed by atoms with Crippen molar-refractivity contribution in [3.05, 3.63) is 48.2 Å². The van der Waals surface area contributed by atoms with Gasteiger partial charge >= 0.3 is 5.97 Å². The lowest BCUT2D eigenvalue weighted by molar-refractivity contribution is -0.351. The normalized spacial score (nSPS) is 41.3. The van der Waals surface area contributed by atoms with Crippen LogP contribution in [0.3, 0.4) is 0 Å². The third-order valence-corrected chi connectivity index (χ3v) is 7.01. The molecule has 1 saturated heterocycles. The Bertz CT molecular complexity index is 1010. The Morgan fingerprint density at radius 2 is 1.81 bits per heavy atom. The average Bonchev–Trinajstić information content (AvgIpc) is 3.08. The van der Waals surface area contributed by atoms with Crippen LogP contribution in [0.5, 0.6) is 5.75 Å². The fraction of sp³-hybridized carbons (Fsp3) is 0.560. The highest BCUT2D eigenvalue weighted by atomic mass is 16.8. The molecule has 0 spiro atoms. The Kier molecular flexibility index (Phi) is 7.93. The van der Waals surface area contributed by atoms with E-state index >= 15 is 0 Å². The number of fused-ring (bicyclic) bond motifs is 1. The molecule has 37 heavy (non-hydrogen) atoms. The molecular weight excluding hydrogens is 492 g/mol. The van der Waals surface area contributed by atoms with E-state index in [1.54, 1.807) is 31.4 Å². The van der Waals surface area contributed by atoms with Gasteiger partial charge in [-0.2, -0.15) is 0 Å². The van der Waals surface area contributed by atoms with Crippen LogP contribution in [-0.2, 0) is 23.7 Å². The predicted molar refractivity (Wildman–Crippen MR) is 124 cm³/mol. The van der Waals surface area contributed by atoms with Crippen molar-refractivity contribution in [1.29, 1.82) is 0 Å². The van der Waals surface area contributed by atoms with Gasteiger partial charge in [-0.25, -0.2) is 4.79 Å². The van der Waals surface area contributed by atoms with Gasteiger partial charge in [-0.05, 0) is 36.8 Å². The van der Waals surface area contributed by atoms with Gasteiger partial charge in [0.05, 0.1) is 31.5 Å². The molecule has 2 heterocycles. The molecule has 0 unspecified atom stereocenters. The summed E-state index contributed by atoms with van der Waals surface area (Å²) in [5.74, 6) is -1.30. The van der Waals surface area contributed by atoms with Gasteiger partial charge in [0.15, 0.2) is 6.29 Å². The largest absolute Gasteiger partial charge is 0.497 e. The van der Waals surface area contributed by atoms with Crippen LogP contribution in [0, 0.1) is 5.92 Å². The Hall–Kier alpha value is -2.55. The van der Waals surface area contributed by atoms with E-state index in [2.05, 4.69) is 0 Å². The number of hydrogen-bond acceptors (Lipinski definition) is 12. The first-order valence-electron chi connectivity index (χ1n) is 11.8. The number of carbonyl (C=O) groups is 1. The molecule has 1 aromatic carbocycles. The van der Waals surface area contributed by atoms with E-state index in [9.17, 15) is 35.4 Å². The monoisotopic (exact) mass is 524 g/mol. The molecule has 204 valence electrons. The van der Waals surface area contributed by atoms with Crippen LogP contribution in [0.4, 0.5) is 0 Å². The van der Waals surface area contributed by atoms with Crippen LogP contribution in [0.1, 0.15) is 18.9 Å². The quantitative estimate of drug-likeness (QED) is 0.185. The molecule has 12 nitrogen and oxygen atoms in total. The van der Waals surface area contributed by atoms with E-state index < -0.39 is 72.8 Å². The third-order valence-electron chi connectivity index (χ3n) is 7.01. The minimum absolute atomic E-state index is 0.168. The number of esters is 1. The van der Waals surface area contributed by atoms with Gasteiger partial charge in [-0.1, -0.05) is 12.1 Å². The number of aliphatic hydroxyl groups excluding tert-OH is 4. The standard InChI is InChI=1S/C25H32O12/c1-24(31)11-16(36-17(27)8-5-13-3-6-14(33-2)7-4-13)25(32)9-10-34-23(21(24)25)37-22-20(30)19(29)18(28)15(12-26)35-22/h3-10,15-16,18-23,26,28-32H,11-12H2,1-2H3/t15-,16-,18+,19+,20+,21+,22-,23-,24+,25+/m0/s1. The zero-order valence-electron chi connectivity index (χ0n) is 20.3. The van der Waals surface area contributed by atoms with Crippen molar-refractivity contribution in [2.45, 2.75) is 67.6 Å². The first-order valence-corrected chi connectivity index (χ1v) is 11.8. The highest BCUT2D eigenvalue weighted by Gasteiger charge is 2.65.